The topological polar surface area (TPSA) is 110 Å². The van der Waals surface area contributed by atoms with Crippen LogP contribution in [0.25, 0.3) is 22.1 Å². The predicted molar refractivity (Wildman–Crippen MR) is 126 cm³/mol. The molecule has 10 heteroatoms. The Morgan fingerprint density at radius 2 is 2.06 bits per heavy atom. The van der Waals surface area contributed by atoms with Crippen LogP contribution in [-0.2, 0) is 13.6 Å². The Morgan fingerprint density at radius 1 is 1.28 bits per heavy atom. The van der Waals surface area contributed by atoms with E-state index >= 15 is 0 Å². The van der Waals surface area contributed by atoms with Crippen molar-refractivity contribution in [1.82, 2.24) is 29.4 Å². The van der Waals surface area contributed by atoms with Crippen molar-refractivity contribution in [3.05, 3.63) is 29.2 Å². The van der Waals surface area contributed by atoms with Gasteiger partial charge in [-0.3, -0.25) is 4.79 Å². The number of imidazole rings is 1. The molecule has 5 rings (SSSR count). The number of aryl methyl sites for hydroxylation is 3. The Bertz CT molecular complexity index is 1300. The lowest BCUT2D eigenvalue weighted by Gasteiger charge is -2.25. The molecule has 9 nitrogen and oxygen atoms in total. The molecule has 0 aliphatic heterocycles. The largest absolute Gasteiger partial charge is 0.393 e. The Kier molecular flexibility index (Phi) is 5.34. The molecule has 1 aliphatic rings. The van der Waals surface area contributed by atoms with Crippen LogP contribution in [0.5, 0.6) is 0 Å². The average Bonchev–Trinajstić information content (AvgIpc) is 3.46. The fourth-order valence-electron chi connectivity index (χ4n) is 4.43. The highest BCUT2D eigenvalue weighted by Crippen LogP contribution is 2.32. The van der Waals surface area contributed by atoms with Crippen molar-refractivity contribution in [2.75, 3.05) is 5.32 Å². The summed E-state index contributed by atoms with van der Waals surface area (Å²) in [5.41, 5.74) is 3.35. The van der Waals surface area contributed by atoms with Crippen LogP contribution in [0.15, 0.2) is 18.6 Å². The number of rotatable bonds is 5. The zero-order chi connectivity index (χ0) is 22.4. The van der Waals surface area contributed by atoms with E-state index < -0.39 is 0 Å². The van der Waals surface area contributed by atoms with Crippen molar-refractivity contribution in [2.45, 2.75) is 58.2 Å². The summed E-state index contributed by atoms with van der Waals surface area (Å²) in [5.74, 6) is 0.518. The molecule has 4 aromatic heterocycles. The number of fused-ring (bicyclic) bond motifs is 3. The molecule has 1 aliphatic carbocycles. The number of carbonyl (C=O) groups is 1. The number of hydrogen-bond acceptors (Lipinski definition) is 7. The van der Waals surface area contributed by atoms with Gasteiger partial charge in [-0.25, -0.2) is 15.0 Å². The zero-order valence-corrected chi connectivity index (χ0v) is 19.2. The summed E-state index contributed by atoms with van der Waals surface area (Å²) in [6.07, 6.45) is 6.64. The van der Waals surface area contributed by atoms with E-state index in [4.69, 9.17) is 4.98 Å². The molecule has 0 atom stereocenters. The van der Waals surface area contributed by atoms with Crippen LogP contribution < -0.4 is 10.6 Å². The summed E-state index contributed by atoms with van der Waals surface area (Å²) in [7, 11) is 1.97. The van der Waals surface area contributed by atoms with E-state index in [1.165, 1.54) is 11.3 Å². The maximum atomic E-state index is 12.9. The molecule has 1 saturated carbocycles. The number of aliphatic hydroxyl groups is 1. The molecule has 0 spiro atoms. The van der Waals surface area contributed by atoms with E-state index in [0.29, 0.717) is 21.5 Å². The fraction of sp³-hybridized carbons (Fsp3) is 0.455. The minimum Gasteiger partial charge on any atom is -0.393 e. The van der Waals surface area contributed by atoms with Crippen LogP contribution in [0.4, 0.5) is 10.9 Å². The SMILES string of the molecule is CCn1ccc2c3c(ncn3C)c(Nc3nc(C)c(C(=O)NC4CCC(O)CC4)s3)nc21. The third-order valence-electron chi connectivity index (χ3n) is 6.17. The third-order valence-corrected chi connectivity index (χ3v) is 7.24. The summed E-state index contributed by atoms with van der Waals surface area (Å²) in [5, 5.41) is 17.8. The highest BCUT2D eigenvalue weighted by Gasteiger charge is 2.24. The molecular formula is C22H27N7O2S. The van der Waals surface area contributed by atoms with Crippen LogP contribution >= 0.6 is 11.3 Å². The minimum atomic E-state index is -0.244. The lowest BCUT2D eigenvalue weighted by Crippen LogP contribution is -2.38. The average molecular weight is 454 g/mol. The van der Waals surface area contributed by atoms with Gasteiger partial charge < -0.3 is 24.9 Å². The van der Waals surface area contributed by atoms with Gasteiger partial charge in [0.25, 0.3) is 5.91 Å². The Morgan fingerprint density at radius 3 is 2.81 bits per heavy atom. The predicted octanol–water partition coefficient (Wildman–Crippen LogP) is 3.48. The molecular weight excluding hydrogens is 426 g/mol. The molecule has 0 unspecified atom stereocenters. The summed E-state index contributed by atoms with van der Waals surface area (Å²) in [6.45, 7) is 4.75. The maximum absolute atomic E-state index is 12.9. The second kappa shape index (κ2) is 8.18. The van der Waals surface area contributed by atoms with Gasteiger partial charge in [-0.15, -0.1) is 0 Å². The van der Waals surface area contributed by atoms with E-state index in [1.54, 1.807) is 6.33 Å². The molecule has 0 radical (unpaired) electrons. The molecule has 4 heterocycles. The summed E-state index contributed by atoms with van der Waals surface area (Å²) in [4.78, 5) is 27.4. The van der Waals surface area contributed by atoms with Crippen molar-refractivity contribution in [1.29, 1.82) is 0 Å². The first kappa shape index (κ1) is 20.9. The van der Waals surface area contributed by atoms with Gasteiger partial charge in [0.1, 0.15) is 16.0 Å². The molecule has 3 N–H and O–H groups in total. The number of amides is 1. The zero-order valence-electron chi connectivity index (χ0n) is 18.4. The number of thiazole rings is 1. The summed E-state index contributed by atoms with van der Waals surface area (Å²) in [6, 6.07) is 2.17. The van der Waals surface area contributed by atoms with E-state index in [9.17, 15) is 9.90 Å². The molecule has 4 aromatic rings. The Hall–Kier alpha value is -2.98. The molecule has 0 bridgehead atoms. The van der Waals surface area contributed by atoms with Crippen LogP contribution in [0.2, 0.25) is 0 Å². The lowest BCUT2D eigenvalue weighted by atomic mass is 9.93. The van der Waals surface area contributed by atoms with Crippen molar-refractivity contribution >= 4 is 50.3 Å². The van der Waals surface area contributed by atoms with Gasteiger partial charge in [-0.1, -0.05) is 11.3 Å². The number of anilines is 2. The van der Waals surface area contributed by atoms with Crippen molar-refractivity contribution in [2.24, 2.45) is 7.05 Å². The van der Waals surface area contributed by atoms with Gasteiger partial charge in [0.05, 0.1) is 23.6 Å². The summed E-state index contributed by atoms with van der Waals surface area (Å²) >= 11 is 1.32. The van der Waals surface area contributed by atoms with E-state index in [-0.39, 0.29) is 18.1 Å². The normalized spacial score (nSPS) is 19.0. The number of nitrogens with one attached hydrogen (secondary N) is 2. The number of carbonyl (C=O) groups excluding carboxylic acids is 1. The highest BCUT2D eigenvalue weighted by molar-refractivity contribution is 7.17. The first-order chi connectivity index (χ1) is 15.4. The number of aliphatic hydroxyl groups excluding tert-OH is 1. The van der Waals surface area contributed by atoms with E-state index in [1.807, 2.05) is 24.7 Å². The smallest absolute Gasteiger partial charge is 0.263 e. The standard InChI is InChI=1S/C22H27N7O2S/c1-4-29-10-9-15-17-16(23-11-28(17)3)19(26-20(15)29)27-22-24-12(2)18(32-22)21(31)25-13-5-7-14(30)8-6-13/h9-11,13-14,30H,4-8H2,1-3H3,(H,25,31)(H,24,26,27). The van der Waals surface area contributed by atoms with E-state index in [0.717, 1.165) is 54.3 Å². The fourth-order valence-corrected chi connectivity index (χ4v) is 5.30. The number of hydrogen-bond donors (Lipinski definition) is 3. The molecule has 0 saturated heterocycles. The molecule has 1 fully saturated rings. The Balaban J connectivity index is 1.44. The lowest BCUT2D eigenvalue weighted by molar-refractivity contribution is 0.0870. The van der Waals surface area contributed by atoms with Gasteiger partial charge in [-0.05, 0) is 45.6 Å². The third kappa shape index (κ3) is 3.63. The van der Waals surface area contributed by atoms with Crippen LogP contribution in [-0.4, -0.2) is 47.2 Å². The van der Waals surface area contributed by atoms with Gasteiger partial charge in [0, 0.05) is 31.2 Å². The quantitative estimate of drug-likeness (QED) is 0.427. The van der Waals surface area contributed by atoms with Gasteiger partial charge >= 0.3 is 0 Å². The monoisotopic (exact) mass is 453 g/mol. The maximum Gasteiger partial charge on any atom is 0.263 e. The van der Waals surface area contributed by atoms with Gasteiger partial charge in [0.2, 0.25) is 0 Å². The van der Waals surface area contributed by atoms with Gasteiger partial charge in [-0.2, -0.15) is 0 Å². The molecule has 32 heavy (non-hydrogen) atoms. The Labute approximate surface area is 189 Å². The van der Waals surface area contributed by atoms with Crippen LogP contribution in [0.3, 0.4) is 0 Å². The first-order valence-electron chi connectivity index (χ1n) is 11.0. The second-order valence-corrected chi connectivity index (χ2v) is 9.39. The van der Waals surface area contributed by atoms with Crippen molar-refractivity contribution in [3.63, 3.8) is 0 Å². The summed E-state index contributed by atoms with van der Waals surface area (Å²) < 4.78 is 4.09. The van der Waals surface area contributed by atoms with Crippen molar-refractivity contribution < 1.29 is 9.90 Å². The number of pyridine rings is 1. The number of nitrogens with zero attached hydrogens (tertiary/aromatic N) is 5. The van der Waals surface area contributed by atoms with Crippen LogP contribution in [0.1, 0.15) is 48.0 Å². The van der Waals surface area contributed by atoms with E-state index in [2.05, 4.69) is 38.2 Å². The van der Waals surface area contributed by atoms with Crippen molar-refractivity contribution in [3.8, 4) is 0 Å². The molecule has 0 aromatic carbocycles. The first-order valence-corrected chi connectivity index (χ1v) is 11.8. The molecule has 168 valence electrons. The van der Waals surface area contributed by atoms with Crippen LogP contribution in [0, 0.1) is 6.92 Å². The number of aromatic nitrogens is 5. The second-order valence-electron chi connectivity index (χ2n) is 8.39. The minimum absolute atomic E-state index is 0.0999. The highest BCUT2D eigenvalue weighted by atomic mass is 32.1. The molecule has 1 amide bonds. The van der Waals surface area contributed by atoms with Gasteiger partial charge in [0.15, 0.2) is 10.9 Å².